The van der Waals surface area contributed by atoms with Gasteiger partial charge in [-0.15, -0.1) is 35.6 Å². The van der Waals surface area contributed by atoms with Crippen LogP contribution >= 0.6 is 51.5 Å². The van der Waals surface area contributed by atoms with Crippen molar-refractivity contribution >= 4 is 63.1 Å². The van der Waals surface area contributed by atoms with Crippen molar-refractivity contribution in [2.24, 2.45) is 5.73 Å². The van der Waals surface area contributed by atoms with Gasteiger partial charge >= 0.3 is 0 Å². The zero-order chi connectivity index (χ0) is 13.8. The first-order valence-corrected chi connectivity index (χ1v) is 6.98. The number of hydrogen-bond donors (Lipinski definition) is 2. The molecule has 4 nitrogen and oxygen atoms in total. The predicted molar refractivity (Wildman–Crippen MR) is 85.1 cm³/mol. The Morgan fingerprint density at radius 2 is 2.21 bits per heavy atom. The molecule has 3 N–H and O–H groups in total. The van der Waals surface area contributed by atoms with Crippen molar-refractivity contribution in [2.45, 2.75) is 30.1 Å². The fourth-order valence-electron chi connectivity index (χ4n) is 1.25. The highest BCUT2D eigenvalue weighted by atomic mass is 79.9. The Morgan fingerprint density at radius 3 is 2.68 bits per heavy atom. The number of nitrogens with two attached hydrogens (primary N) is 1. The summed E-state index contributed by atoms with van der Waals surface area (Å²) in [4.78, 5) is 15.5. The third-order valence-electron chi connectivity index (χ3n) is 2.39. The minimum absolute atomic E-state index is 0. The van der Waals surface area contributed by atoms with Gasteiger partial charge in [0.05, 0.1) is 17.4 Å². The fraction of sp³-hybridized carbons (Fsp3) is 0.455. The number of aromatic nitrogens is 1. The van der Waals surface area contributed by atoms with E-state index in [1.54, 1.807) is 25.3 Å². The number of halogens is 4. The van der Waals surface area contributed by atoms with E-state index < -0.39 is 10.4 Å². The average Bonchev–Trinajstić information content (AvgIpc) is 2.29. The summed E-state index contributed by atoms with van der Waals surface area (Å²) in [6, 6.07) is 3.47. The van der Waals surface area contributed by atoms with Crippen LogP contribution in [-0.2, 0) is 4.79 Å². The lowest BCUT2D eigenvalue weighted by Crippen LogP contribution is -2.48. The minimum atomic E-state index is -1.02. The Hall–Kier alpha value is -0.0700. The van der Waals surface area contributed by atoms with Crippen molar-refractivity contribution in [1.29, 1.82) is 0 Å². The Bertz CT molecular complexity index is 412. The summed E-state index contributed by atoms with van der Waals surface area (Å²) >= 11 is 14.5. The fourth-order valence-corrected chi connectivity index (χ4v) is 1.70. The highest BCUT2D eigenvalue weighted by molar-refractivity contribution is 9.10. The van der Waals surface area contributed by atoms with Crippen molar-refractivity contribution in [3.05, 3.63) is 22.9 Å². The molecule has 0 saturated carbocycles. The van der Waals surface area contributed by atoms with Crippen molar-refractivity contribution in [2.75, 3.05) is 5.32 Å². The van der Waals surface area contributed by atoms with Crippen molar-refractivity contribution in [1.82, 2.24) is 4.98 Å². The number of carbonyl (C=O) groups is 1. The molecule has 1 amide bonds. The first-order chi connectivity index (χ1) is 8.31. The molecule has 0 bridgehead atoms. The van der Waals surface area contributed by atoms with Crippen LogP contribution < -0.4 is 11.1 Å². The molecule has 1 aromatic rings. The standard InChI is InChI=1S/C11H14BrCl2N3O.ClH/c1-11(15,5-4-9(13)14)10(18)17-7-2-3-8(12)16-6-7;/h2-3,6,9H,4-5,15H2,1H3,(H,17,18);1H/t11-;/m0./s1. The van der Waals surface area contributed by atoms with E-state index in [-0.39, 0.29) is 18.3 Å². The third-order valence-corrected chi connectivity index (χ3v) is 3.29. The summed E-state index contributed by atoms with van der Waals surface area (Å²) in [5, 5.41) is 2.70. The largest absolute Gasteiger partial charge is 0.323 e. The van der Waals surface area contributed by atoms with Crippen molar-refractivity contribution in [3.63, 3.8) is 0 Å². The molecule has 0 fully saturated rings. The Labute approximate surface area is 137 Å². The molecule has 0 aliphatic heterocycles. The molecule has 1 atom stereocenters. The molecule has 0 aliphatic rings. The van der Waals surface area contributed by atoms with Crippen LogP contribution in [0.4, 0.5) is 5.69 Å². The van der Waals surface area contributed by atoms with Gasteiger partial charge in [0.1, 0.15) is 9.44 Å². The van der Waals surface area contributed by atoms with Crippen molar-refractivity contribution < 1.29 is 4.79 Å². The van der Waals surface area contributed by atoms with E-state index in [2.05, 4.69) is 26.2 Å². The Balaban J connectivity index is 0.00000324. The number of nitrogens with zero attached hydrogens (tertiary/aromatic N) is 1. The second kappa shape index (κ2) is 8.27. The van der Waals surface area contributed by atoms with E-state index in [1.165, 1.54) is 0 Å². The number of pyridine rings is 1. The van der Waals surface area contributed by atoms with Gasteiger partial charge < -0.3 is 11.1 Å². The monoisotopic (exact) mass is 389 g/mol. The lowest BCUT2D eigenvalue weighted by molar-refractivity contribution is -0.120. The summed E-state index contributed by atoms with van der Waals surface area (Å²) in [6.07, 6.45) is 2.41. The van der Waals surface area contributed by atoms with Crippen LogP contribution in [0.2, 0.25) is 0 Å². The SMILES string of the molecule is C[C@](N)(CCC(Cl)Cl)C(=O)Nc1ccc(Br)nc1.Cl. The van der Waals surface area contributed by atoms with E-state index in [0.717, 1.165) is 0 Å². The second-order valence-corrected chi connectivity index (χ2v) is 6.26. The molecule has 0 spiro atoms. The lowest BCUT2D eigenvalue weighted by Gasteiger charge is -2.23. The Kier molecular flexibility index (Phi) is 8.24. The van der Waals surface area contributed by atoms with Gasteiger partial charge in [0.25, 0.3) is 0 Å². The molecule has 108 valence electrons. The number of amides is 1. The third kappa shape index (κ3) is 6.77. The number of carbonyl (C=O) groups excluding carboxylic acids is 1. The van der Waals surface area contributed by atoms with Gasteiger partial charge in [0, 0.05) is 0 Å². The number of rotatable bonds is 5. The number of nitrogens with one attached hydrogen (secondary N) is 1. The summed E-state index contributed by atoms with van der Waals surface area (Å²) in [5.41, 5.74) is 5.50. The molecule has 0 aliphatic carbocycles. The van der Waals surface area contributed by atoms with Gasteiger partial charge in [0.2, 0.25) is 5.91 Å². The summed E-state index contributed by atoms with van der Waals surface area (Å²) in [7, 11) is 0. The molecule has 1 heterocycles. The molecular weight excluding hydrogens is 376 g/mol. The van der Waals surface area contributed by atoms with Crippen LogP contribution in [0.1, 0.15) is 19.8 Å². The molecule has 8 heteroatoms. The Morgan fingerprint density at radius 1 is 1.58 bits per heavy atom. The second-order valence-electron chi connectivity index (χ2n) is 4.17. The van der Waals surface area contributed by atoms with Gasteiger partial charge in [-0.3, -0.25) is 4.79 Å². The van der Waals surface area contributed by atoms with E-state index >= 15 is 0 Å². The van der Waals surface area contributed by atoms with Crippen molar-refractivity contribution in [3.8, 4) is 0 Å². The predicted octanol–water partition coefficient (Wildman–Crippen LogP) is 3.51. The average molecular weight is 392 g/mol. The van der Waals surface area contributed by atoms with Crippen LogP contribution in [0.25, 0.3) is 0 Å². The maximum Gasteiger partial charge on any atom is 0.244 e. The van der Waals surface area contributed by atoms with Crippen LogP contribution in [0.15, 0.2) is 22.9 Å². The van der Waals surface area contributed by atoms with Crippen LogP contribution in [0, 0.1) is 0 Å². The quantitative estimate of drug-likeness (QED) is 0.596. The van der Waals surface area contributed by atoms with Crippen LogP contribution in [-0.4, -0.2) is 21.3 Å². The van der Waals surface area contributed by atoms with Gasteiger partial charge in [-0.05, 0) is 47.8 Å². The molecule has 0 unspecified atom stereocenters. The zero-order valence-corrected chi connectivity index (χ0v) is 14.1. The number of anilines is 1. The first-order valence-electron chi connectivity index (χ1n) is 5.31. The molecular formula is C11H15BrCl3N3O. The smallest absolute Gasteiger partial charge is 0.244 e. The highest BCUT2D eigenvalue weighted by Crippen LogP contribution is 2.19. The van der Waals surface area contributed by atoms with E-state index in [0.29, 0.717) is 23.1 Å². The van der Waals surface area contributed by atoms with Gasteiger partial charge in [-0.25, -0.2) is 4.98 Å². The number of hydrogen-bond acceptors (Lipinski definition) is 3. The minimum Gasteiger partial charge on any atom is -0.323 e. The maximum absolute atomic E-state index is 12.0. The first kappa shape index (κ1) is 18.9. The van der Waals surface area contributed by atoms with E-state index in [9.17, 15) is 4.79 Å². The number of alkyl halides is 2. The summed E-state index contributed by atoms with van der Waals surface area (Å²) < 4.78 is 0.697. The summed E-state index contributed by atoms with van der Waals surface area (Å²) in [6.45, 7) is 1.64. The molecule has 1 rings (SSSR count). The van der Waals surface area contributed by atoms with Gasteiger partial charge in [-0.1, -0.05) is 0 Å². The normalized spacial score (nSPS) is 13.6. The molecule has 0 saturated heterocycles. The lowest BCUT2D eigenvalue weighted by atomic mass is 9.96. The molecule has 19 heavy (non-hydrogen) atoms. The highest BCUT2D eigenvalue weighted by Gasteiger charge is 2.28. The molecule has 0 radical (unpaired) electrons. The molecule has 0 aromatic carbocycles. The van der Waals surface area contributed by atoms with Gasteiger partial charge in [0.15, 0.2) is 0 Å². The van der Waals surface area contributed by atoms with Gasteiger partial charge in [-0.2, -0.15) is 0 Å². The van der Waals surface area contributed by atoms with E-state index in [4.69, 9.17) is 28.9 Å². The summed E-state index contributed by atoms with van der Waals surface area (Å²) in [5.74, 6) is -0.291. The molecule has 1 aromatic heterocycles. The zero-order valence-electron chi connectivity index (χ0n) is 10.2. The van der Waals surface area contributed by atoms with E-state index in [1.807, 2.05) is 0 Å². The topological polar surface area (TPSA) is 68.0 Å². The van der Waals surface area contributed by atoms with Crippen LogP contribution in [0.3, 0.4) is 0 Å². The maximum atomic E-state index is 12.0. The van der Waals surface area contributed by atoms with Crippen LogP contribution in [0.5, 0.6) is 0 Å².